The van der Waals surface area contributed by atoms with E-state index in [2.05, 4.69) is 0 Å². The van der Waals surface area contributed by atoms with Crippen molar-refractivity contribution in [2.24, 2.45) is 11.7 Å². The van der Waals surface area contributed by atoms with E-state index in [1.165, 1.54) is 18.2 Å². The Bertz CT molecular complexity index is 741. The fourth-order valence-corrected chi connectivity index (χ4v) is 3.19. The molecule has 0 radical (unpaired) electrons. The third kappa shape index (κ3) is 4.11. The zero-order valence-corrected chi connectivity index (χ0v) is 14.5. The predicted molar refractivity (Wildman–Crippen MR) is 95.0 cm³/mol. The summed E-state index contributed by atoms with van der Waals surface area (Å²) in [5, 5.41) is 0.134. The highest BCUT2D eigenvalue weighted by Gasteiger charge is 2.33. The van der Waals surface area contributed by atoms with Gasteiger partial charge in [0, 0.05) is 18.7 Å². The third-order valence-electron chi connectivity index (χ3n) is 4.40. The normalized spacial score (nSPS) is 18.2. The van der Waals surface area contributed by atoms with Crippen LogP contribution in [0.2, 0.25) is 5.02 Å². The minimum Gasteiger partial charge on any atom is -0.474 e. The average molecular weight is 363 g/mol. The van der Waals surface area contributed by atoms with Gasteiger partial charge in [-0.3, -0.25) is 4.79 Å². The number of nitrogens with two attached hydrogens (primary N) is 1. The molecule has 132 valence electrons. The lowest BCUT2D eigenvalue weighted by atomic mass is 10.1. The molecule has 6 heteroatoms. The summed E-state index contributed by atoms with van der Waals surface area (Å²) in [5.74, 6) is 0.00225. The second-order valence-electron chi connectivity index (χ2n) is 6.16. The van der Waals surface area contributed by atoms with E-state index in [0.29, 0.717) is 25.6 Å². The van der Waals surface area contributed by atoms with Crippen LogP contribution in [0.4, 0.5) is 4.39 Å². The Balaban J connectivity index is 1.86. The van der Waals surface area contributed by atoms with Gasteiger partial charge in [-0.1, -0.05) is 41.9 Å². The van der Waals surface area contributed by atoms with Crippen LogP contribution in [0.15, 0.2) is 48.5 Å². The second-order valence-corrected chi connectivity index (χ2v) is 6.57. The van der Waals surface area contributed by atoms with Crippen LogP contribution in [0, 0.1) is 11.7 Å². The summed E-state index contributed by atoms with van der Waals surface area (Å²) >= 11 is 6.06. The lowest BCUT2D eigenvalue weighted by Crippen LogP contribution is -2.36. The Morgan fingerprint density at radius 3 is 2.72 bits per heavy atom. The number of hydrogen-bond acceptors (Lipinski definition) is 3. The molecule has 2 unspecified atom stereocenters. The van der Waals surface area contributed by atoms with Crippen LogP contribution in [0.25, 0.3) is 0 Å². The highest BCUT2D eigenvalue weighted by Crippen LogP contribution is 2.31. The summed E-state index contributed by atoms with van der Waals surface area (Å²) in [6, 6.07) is 13.1. The Hall–Kier alpha value is -2.11. The molecule has 1 fully saturated rings. The molecule has 0 aromatic heterocycles. The molecule has 4 nitrogen and oxygen atoms in total. The number of carbonyl (C=O) groups excluding carboxylic acids is 1. The van der Waals surface area contributed by atoms with Gasteiger partial charge in [0.1, 0.15) is 11.6 Å². The van der Waals surface area contributed by atoms with Crippen molar-refractivity contribution in [2.75, 3.05) is 19.6 Å². The molecule has 3 rings (SSSR count). The van der Waals surface area contributed by atoms with Gasteiger partial charge in [0.2, 0.25) is 6.10 Å². The van der Waals surface area contributed by atoms with E-state index >= 15 is 0 Å². The number of carbonyl (C=O) groups is 1. The molecule has 0 bridgehead atoms. The van der Waals surface area contributed by atoms with Crippen molar-refractivity contribution >= 4 is 17.5 Å². The van der Waals surface area contributed by atoms with E-state index in [0.717, 1.165) is 12.0 Å². The van der Waals surface area contributed by atoms with Crippen LogP contribution >= 0.6 is 11.6 Å². The Morgan fingerprint density at radius 1 is 1.32 bits per heavy atom. The fourth-order valence-electron chi connectivity index (χ4n) is 2.98. The molecular formula is C19H20ClFN2O2. The molecule has 0 saturated carbocycles. The lowest BCUT2D eigenvalue weighted by Gasteiger charge is -2.25. The molecule has 25 heavy (non-hydrogen) atoms. The monoisotopic (exact) mass is 362 g/mol. The van der Waals surface area contributed by atoms with Crippen molar-refractivity contribution in [1.29, 1.82) is 0 Å². The van der Waals surface area contributed by atoms with E-state index in [4.69, 9.17) is 22.1 Å². The first kappa shape index (κ1) is 17.7. The number of amides is 1. The van der Waals surface area contributed by atoms with E-state index in [9.17, 15) is 9.18 Å². The van der Waals surface area contributed by atoms with Crippen LogP contribution in [-0.2, 0) is 4.79 Å². The van der Waals surface area contributed by atoms with Gasteiger partial charge in [0.15, 0.2) is 0 Å². The molecule has 1 heterocycles. The molecule has 1 aliphatic heterocycles. The maximum atomic E-state index is 13.3. The van der Waals surface area contributed by atoms with Crippen LogP contribution in [0.3, 0.4) is 0 Å². The zero-order chi connectivity index (χ0) is 17.8. The van der Waals surface area contributed by atoms with Crippen molar-refractivity contribution in [2.45, 2.75) is 12.5 Å². The molecule has 0 aliphatic carbocycles. The van der Waals surface area contributed by atoms with E-state index < -0.39 is 11.9 Å². The first-order chi connectivity index (χ1) is 12.1. The van der Waals surface area contributed by atoms with Crippen LogP contribution in [0.5, 0.6) is 5.75 Å². The SMILES string of the molecule is NCC1CCN(C(=O)C(Oc2ccc(F)cc2Cl)c2ccccc2)C1. The highest BCUT2D eigenvalue weighted by atomic mass is 35.5. The van der Waals surface area contributed by atoms with Gasteiger partial charge in [-0.15, -0.1) is 0 Å². The summed E-state index contributed by atoms with van der Waals surface area (Å²) in [4.78, 5) is 14.8. The summed E-state index contributed by atoms with van der Waals surface area (Å²) in [6.45, 7) is 1.84. The molecule has 1 saturated heterocycles. The second kappa shape index (κ2) is 7.85. The van der Waals surface area contributed by atoms with Crippen molar-refractivity contribution in [3.05, 3.63) is 64.9 Å². The van der Waals surface area contributed by atoms with E-state index in [1.54, 1.807) is 4.90 Å². The standard InChI is InChI=1S/C19H20ClFN2O2/c20-16-10-15(21)6-7-17(16)25-18(14-4-2-1-3-5-14)19(24)23-9-8-13(11-22)12-23/h1-7,10,13,18H,8-9,11-12,22H2. The summed E-state index contributed by atoms with van der Waals surface area (Å²) in [6.07, 6.45) is 0.0572. The van der Waals surface area contributed by atoms with Crippen molar-refractivity contribution in [3.8, 4) is 5.75 Å². The number of benzene rings is 2. The molecule has 2 atom stereocenters. The van der Waals surface area contributed by atoms with Crippen LogP contribution < -0.4 is 10.5 Å². The molecule has 0 spiro atoms. The van der Waals surface area contributed by atoms with Crippen molar-refractivity contribution < 1.29 is 13.9 Å². The number of nitrogens with zero attached hydrogens (tertiary/aromatic N) is 1. The first-order valence-electron chi connectivity index (χ1n) is 8.24. The van der Waals surface area contributed by atoms with Gasteiger partial charge < -0.3 is 15.4 Å². The number of hydrogen-bond donors (Lipinski definition) is 1. The summed E-state index contributed by atoms with van der Waals surface area (Å²) in [5.41, 5.74) is 6.44. The quantitative estimate of drug-likeness (QED) is 0.886. The van der Waals surface area contributed by atoms with Gasteiger partial charge in [-0.25, -0.2) is 4.39 Å². The number of likely N-dealkylation sites (tertiary alicyclic amines) is 1. The van der Waals surface area contributed by atoms with E-state index in [-0.39, 0.29) is 16.7 Å². The first-order valence-corrected chi connectivity index (χ1v) is 8.62. The maximum absolute atomic E-state index is 13.3. The highest BCUT2D eigenvalue weighted by molar-refractivity contribution is 6.32. The maximum Gasteiger partial charge on any atom is 0.268 e. The minimum atomic E-state index is -0.833. The molecule has 2 aromatic carbocycles. The van der Waals surface area contributed by atoms with Crippen LogP contribution in [-0.4, -0.2) is 30.4 Å². The van der Waals surface area contributed by atoms with Gasteiger partial charge in [-0.2, -0.15) is 0 Å². The molecule has 1 amide bonds. The molecule has 2 N–H and O–H groups in total. The van der Waals surface area contributed by atoms with E-state index in [1.807, 2.05) is 30.3 Å². The fraction of sp³-hybridized carbons (Fsp3) is 0.316. The molecule has 1 aliphatic rings. The Morgan fingerprint density at radius 2 is 2.08 bits per heavy atom. The van der Waals surface area contributed by atoms with Gasteiger partial charge >= 0.3 is 0 Å². The number of rotatable bonds is 5. The third-order valence-corrected chi connectivity index (χ3v) is 4.69. The smallest absolute Gasteiger partial charge is 0.268 e. The van der Waals surface area contributed by atoms with Gasteiger partial charge in [0.05, 0.1) is 5.02 Å². The average Bonchev–Trinajstić information content (AvgIpc) is 3.10. The topological polar surface area (TPSA) is 55.6 Å². The molecular weight excluding hydrogens is 343 g/mol. The van der Waals surface area contributed by atoms with Crippen molar-refractivity contribution in [1.82, 2.24) is 4.90 Å². The van der Waals surface area contributed by atoms with Crippen molar-refractivity contribution in [3.63, 3.8) is 0 Å². The Kier molecular flexibility index (Phi) is 5.56. The predicted octanol–water partition coefficient (Wildman–Crippen LogP) is 3.41. The molecule has 2 aromatic rings. The number of halogens is 2. The van der Waals surface area contributed by atoms with Gasteiger partial charge in [0.25, 0.3) is 5.91 Å². The summed E-state index contributed by atoms with van der Waals surface area (Å²) < 4.78 is 19.2. The zero-order valence-electron chi connectivity index (χ0n) is 13.7. The number of ether oxygens (including phenoxy) is 1. The van der Waals surface area contributed by atoms with Gasteiger partial charge in [-0.05, 0) is 37.1 Å². The lowest BCUT2D eigenvalue weighted by molar-refractivity contribution is -0.138. The largest absolute Gasteiger partial charge is 0.474 e. The minimum absolute atomic E-state index is 0.134. The Labute approximate surface area is 151 Å². The van der Waals surface area contributed by atoms with Crippen LogP contribution in [0.1, 0.15) is 18.1 Å². The summed E-state index contributed by atoms with van der Waals surface area (Å²) in [7, 11) is 0.